The Morgan fingerprint density at radius 2 is 1.80 bits per heavy atom. The molecule has 2 aromatic carbocycles. The van der Waals surface area contributed by atoms with Crippen LogP contribution in [-0.2, 0) is 21.2 Å². The van der Waals surface area contributed by atoms with Crippen molar-refractivity contribution < 1.29 is 17.9 Å². The van der Waals surface area contributed by atoms with E-state index in [1.807, 2.05) is 31.2 Å². The first-order valence-electron chi connectivity index (χ1n) is 10.5. The van der Waals surface area contributed by atoms with Crippen LogP contribution in [0.15, 0.2) is 53.4 Å². The number of fused-ring (bicyclic) bond motifs is 1. The second-order valence-electron chi connectivity index (χ2n) is 8.09. The Morgan fingerprint density at radius 3 is 2.50 bits per heavy atom. The van der Waals surface area contributed by atoms with Crippen LogP contribution in [-0.4, -0.2) is 51.0 Å². The molecule has 1 amide bonds. The lowest BCUT2D eigenvalue weighted by atomic mass is 9.98. The highest BCUT2D eigenvalue weighted by Gasteiger charge is 2.32. The van der Waals surface area contributed by atoms with E-state index in [1.165, 1.54) is 0 Å². The summed E-state index contributed by atoms with van der Waals surface area (Å²) in [5, 5.41) is 0. The number of nitrogens with zero attached hydrogens (tertiary/aromatic N) is 2. The van der Waals surface area contributed by atoms with Crippen molar-refractivity contribution in [2.45, 2.75) is 49.6 Å². The van der Waals surface area contributed by atoms with Gasteiger partial charge < -0.3 is 9.64 Å². The molecule has 1 saturated heterocycles. The van der Waals surface area contributed by atoms with Crippen LogP contribution in [0.5, 0.6) is 0 Å². The van der Waals surface area contributed by atoms with Crippen LogP contribution in [0.3, 0.4) is 0 Å². The molecular formula is C23H28N2O4S. The van der Waals surface area contributed by atoms with Crippen LogP contribution >= 0.6 is 0 Å². The summed E-state index contributed by atoms with van der Waals surface area (Å²) in [5.74, 6) is -0.153. The Balaban J connectivity index is 1.59. The van der Waals surface area contributed by atoms with E-state index >= 15 is 0 Å². The van der Waals surface area contributed by atoms with E-state index in [4.69, 9.17) is 4.74 Å². The van der Waals surface area contributed by atoms with Crippen molar-refractivity contribution in [1.29, 1.82) is 0 Å². The van der Waals surface area contributed by atoms with E-state index in [0.717, 1.165) is 36.9 Å². The number of ether oxygens (including phenoxy) is 1. The van der Waals surface area contributed by atoms with Crippen molar-refractivity contribution in [3.8, 4) is 0 Å². The van der Waals surface area contributed by atoms with Gasteiger partial charge in [0.1, 0.15) is 0 Å². The van der Waals surface area contributed by atoms with E-state index in [1.54, 1.807) is 40.6 Å². The highest BCUT2D eigenvalue weighted by Crippen LogP contribution is 2.30. The van der Waals surface area contributed by atoms with Crippen molar-refractivity contribution >= 4 is 21.6 Å². The third-order valence-corrected chi connectivity index (χ3v) is 8.17. The summed E-state index contributed by atoms with van der Waals surface area (Å²) in [7, 11) is -1.90. The molecule has 30 heavy (non-hydrogen) atoms. The molecule has 160 valence electrons. The number of amides is 1. The van der Waals surface area contributed by atoms with Gasteiger partial charge in [0.25, 0.3) is 5.91 Å². The molecule has 2 aromatic rings. The molecule has 2 aliphatic heterocycles. The van der Waals surface area contributed by atoms with Gasteiger partial charge in [-0.05, 0) is 55.7 Å². The van der Waals surface area contributed by atoms with Crippen molar-refractivity contribution in [2.75, 3.05) is 25.1 Å². The molecule has 6 nitrogen and oxygen atoms in total. The number of rotatable bonds is 4. The molecule has 0 saturated carbocycles. The number of carbonyl (C=O) groups is 1. The van der Waals surface area contributed by atoms with E-state index in [0.29, 0.717) is 18.7 Å². The fraction of sp³-hybridized carbons (Fsp3) is 0.435. The topological polar surface area (TPSA) is 66.9 Å². The first kappa shape index (κ1) is 21.0. The minimum absolute atomic E-state index is 0.000822. The van der Waals surface area contributed by atoms with Crippen LogP contribution < -0.4 is 4.90 Å². The van der Waals surface area contributed by atoms with Crippen LogP contribution in [0.1, 0.15) is 42.1 Å². The summed E-state index contributed by atoms with van der Waals surface area (Å²) in [6, 6.07) is 14.2. The van der Waals surface area contributed by atoms with Crippen LogP contribution in [0, 0.1) is 0 Å². The highest BCUT2D eigenvalue weighted by molar-refractivity contribution is 7.89. The third kappa shape index (κ3) is 3.89. The van der Waals surface area contributed by atoms with Gasteiger partial charge in [-0.3, -0.25) is 4.79 Å². The van der Waals surface area contributed by atoms with Crippen molar-refractivity contribution in [2.24, 2.45) is 0 Å². The Labute approximate surface area is 178 Å². The summed E-state index contributed by atoms with van der Waals surface area (Å²) in [4.78, 5) is 15.2. The molecule has 0 aromatic heterocycles. The number of piperidine rings is 1. The molecule has 2 atom stereocenters. The fourth-order valence-electron chi connectivity index (χ4n) is 4.40. The molecule has 2 aliphatic rings. The number of carbonyl (C=O) groups excluding carboxylic acids is 1. The van der Waals surface area contributed by atoms with Crippen LogP contribution in [0.25, 0.3) is 0 Å². The minimum Gasteiger partial charge on any atom is -0.379 e. The zero-order valence-electron chi connectivity index (χ0n) is 17.5. The van der Waals surface area contributed by atoms with Gasteiger partial charge in [-0.15, -0.1) is 0 Å². The van der Waals surface area contributed by atoms with Gasteiger partial charge in [-0.25, -0.2) is 8.42 Å². The van der Waals surface area contributed by atoms with Crippen molar-refractivity contribution in [3.63, 3.8) is 0 Å². The number of hydrogen-bond acceptors (Lipinski definition) is 4. The minimum atomic E-state index is -3.55. The maximum atomic E-state index is 13.2. The predicted octanol–water partition coefficient (Wildman–Crippen LogP) is 3.47. The number of benzene rings is 2. The quantitative estimate of drug-likeness (QED) is 0.748. The molecular weight excluding hydrogens is 400 g/mol. The van der Waals surface area contributed by atoms with Crippen molar-refractivity contribution in [3.05, 3.63) is 59.7 Å². The van der Waals surface area contributed by atoms with Gasteiger partial charge in [0, 0.05) is 37.4 Å². The first-order chi connectivity index (χ1) is 14.4. The standard InChI is InChI=1S/C23H28N2O4S/c1-17-7-5-6-14-25(17)30(27,28)21-12-10-18(11-13-21)23(26)24-16-20(29-2)15-19-8-3-4-9-22(19)24/h3-4,8-13,17,20H,5-7,14-16H2,1-2H3/t17-,20+/m1/s1. The average molecular weight is 429 g/mol. The van der Waals surface area contributed by atoms with E-state index in [9.17, 15) is 13.2 Å². The van der Waals surface area contributed by atoms with Crippen molar-refractivity contribution in [1.82, 2.24) is 4.31 Å². The largest absolute Gasteiger partial charge is 0.379 e. The number of methoxy groups -OCH3 is 1. The van der Waals surface area contributed by atoms with Gasteiger partial charge in [0.2, 0.25) is 10.0 Å². The average Bonchev–Trinajstić information content (AvgIpc) is 2.78. The predicted molar refractivity (Wildman–Crippen MR) is 116 cm³/mol. The Kier molecular flexibility index (Phi) is 5.95. The Morgan fingerprint density at radius 1 is 1.07 bits per heavy atom. The molecule has 1 fully saturated rings. The molecule has 2 heterocycles. The summed E-state index contributed by atoms with van der Waals surface area (Å²) in [6.07, 6.45) is 3.52. The summed E-state index contributed by atoms with van der Waals surface area (Å²) in [5.41, 5.74) is 2.42. The Bertz CT molecular complexity index is 1020. The second-order valence-corrected chi connectivity index (χ2v) is 9.98. The van der Waals surface area contributed by atoms with Crippen LogP contribution in [0.2, 0.25) is 0 Å². The lowest BCUT2D eigenvalue weighted by molar-refractivity contribution is 0.0870. The van der Waals surface area contributed by atoms with Gasteiger partial charge in [-0.2, -0.15) is 4.31 Å². The SMILES string of the molecule is CO[C@H]1Cc2ccccc2N(C(=O)c2ccc(S(=O)(=O)N3CCCC[C@H]3C)cc2)C1. The van der Waals surface area contributed by atoms with Gasteiger partial charge >= 0.3 is 0 Å². The zero-order chi connectivity index (χ0) is 21.3. The van der Waals surface area contributed by atoms with E-state index in [-0.39, 0.29) is 22.9 Å². The van der Waals surface area contributed by atoms with E-state index < -0.39 is 10.0 Å². The van der Waals surface area contributed by atoms with Gasteiger partial charge in [-0.1, -0.05) is 24.6 Å². The number of para-hydroxylation sites is 1. The lowest BCUT2D eigenvalue weighted by Crippen LogP contribution is -2.43. The maximum absolute atomic E-state index is 13.2. The van der Waals surface area contributed by atoms with E-state index in [2.05, 4.69) is 0 Å². The van der Waals surface area contributed by atoms with Gasteiger partial charge in [0.05, 0.1) is 17.5 Å². The molecule has 0 aliphatic carbocycles. The Hall–Kier alpha value is -2.22. The summed E-state index contributed by atoms with van der Waals surface area (Å²) >= 11 is 0. The van der Waals surface area contributed by atoms with Gasteiger partial charge in [0.15, 0.2) is 0 Å². The normalized spacial score (nSPS) is 22.5. The third-order valence-electron chi connectivity index (χ3n) is 6.14. The monoisotopic (exact) mass is 428 g/mol. The second kappa shape index (κ2) is 8.49. The smallest absolute Gasteiger partial charge is 0.258 e. The molecule has 0 bridgehead atoms. The summed E-state index contributed by atoms with van der Waals surface area (Å²) < 4.78 is 33.2. The molecule has 0 N–H and O–H groups in total. The fourth-order valence-corrected chi connectivity index (χ4v) is 6.10. The molecule has 0 radical (unpaired) electrons. The number of sulfonamides is 1. The summed E-state index contributed by atoms with van der Waals surface area (Å²) in [6.45, 7) is 2.97. The highest BCUT2D eigenvalue weighted by atomic mass is 32.2. The zero-order valence-corrected chi connectivity index (χ0v) is 18.3. The number of anilines is 1. The molecule has 7 heteroatoms. The molecule has 0 unspecified atom stereocenters. The maximum Gasteiger partial charge on any atom is 0.258 e. The number of hydrogen-bond donors (Lipinski definition) is 0. The molecule has 4 rings (SSSR count). The lowest BCUT2D eigenvalue weighted by Gasteiger charge is -2.34. The van der Waals surface area contributed by atoms with Crippen LogP contribution in [0.4, 0.5) is 5.69 Å². The molecule has 0 spiro atoms. The first-order valence-corrected chi connectivity index (χ1v) is 11.9.